The van der Waals surface area contributed by atoms with Crippen molar-refractivity contribution in [3.05, 3.63) is 63.5 Å². The van der Waals surface area contributed by atoms with Crippen molar-refractivity contribution in [3.63, 3.8) is 0 Å². The highest BCUT2D eigenvalue weighted by molar-refractivity contribution is 5.94. The van der Waals surface area contributed by atoms with Crippen LogP contribution in [0.3, 0.4) is 0 Å². The molecule has 0 unspecified atom stereocenters. The number of carbonyl (C=O) groups is 1. The van der Waals surface area contributed by atoms with E-state index in [0.29, 0.717) is 24.5 Å². The van der Waals surface area contributed by atoms with Crippen LogP contribution in [0.2, 0.25) is 0 Å². The second-order valence-electron chi connectivity index (χ2n) is 6.62. The highest BCUT2D eigenvalue weighted by atomic mass is 16.2. The summed E-state index contributed by atoms with van der Waals surface area (Å²) in [6.45, 7) is 2.51. The summed E-state index contributed by atoms with van der Waals surface area (Å²) in [6.07, 6.45) is 5.90. The molecule has 1 aliphatic rings. The Morgan fingerprint density at radius 3 is 3.00 bits per heavy atom. The molecule has 3 aromatic rings. The van der Waals surface area contributed by atoms with E-state index in [2.05, 4.69) is 15.4 Å². The van der Waals surface area contributed by atoms with Gasteiger partial charge in [0.05, 0.1) is 17.9 Å². The number of hydrogen-bond donors (Lipinski definition) is 1. The van der Waals surface area contributed by atoms with Gasteiger partial charge in [0.15, 0.2) is 0 Å². The van der Waals surface area contributed by atoms with Gasteiger partial charge < -0.3 is 5.32 Å². The maximum Gasteiger partial charge on any atom is 0.270 e. The van der Waals surface area contributed by atoms with Crippen LogP contribution in [-0.4, -0.2) is 31.6 Å². The molecule has 3 aromatic heterocycles. The molecule has 0 saturated heterocycles. The minimum Gasteiger partial charge on any atom is -0.349 e. The van der Waals surface area contributed by atoms with E-state index in [1.54, 1.807) is 10.5 Å². The molecule has 0 saturated carbocycles. The van der Waals surface area contributed by atoms with Gasteiger partial charge in [0.2, 0.25) is 0 Å². The minimum absolute atomic E-state index is 0.106. The number of imidazole rings is 1. The molecule has 1 aliphatic carbocycles. The van der Waals surface area contributed by atoms with Crippen LogP contribution in [0.25, 0.3) is 5.65 Å². The van der Waals surface area contributed by atoms with Crippen molar-refractivity contribution in [2.45, 2.75) is 39.2 Å². The highest BCUT2D eigenvalue weighted by Crippen LogP contribution is 2.16. The third-order valence-corrected chi connectivity index (χ3v) is 4.80. The molecule has 0 atom stereocenters. The van der Waals surface area contributed by atoms with E-state index in [0.717, 1.165) is 42.6 Å². The molecule has 134 valence electrons. The number of carbonyl (C=O) groups excluding carboxylic acids is 1. The molecule has 7 heteroatoms. The van der Waals surface area contributed by atoms with E-state index in [-0.39, 0.29) is 11.5 Å². The zero-order chi connectivity index (χ0) is 18.1. The van der Waals surface area contributed by atoms with Gasteiger partial charge in [-0.05, 0) is 50.3 Å². The van der Waals surface area contributed by atoms with Crippen molar-refractivity contribution in [3.8, 4) is 0 Å². The number of rotatable bonds is 4. The summed E-state index contributed by atoms with van der Waals surface area (Å²) < 4.78 is 3.22. The fourth-order valence-corrected chi connectivity index (χ4v) is 3.51. The maximum absolute atomic E-state index is 12.6. The second kappa shape index (κ2) is 6.74. The maximum atomic E-state index is 12.6. The van der Waals surface area contributed by atoms with Gasteiger partial charge in [-0.1, -0.05) is 6.07 Å². The van der Waals surface area contributed by atoms with Gasteiger partial charge in [0, 0.05) is 18.8 Å². The number of fused-ring (bicyclic) bond motifs is 2. The van der Waals surface area contributed by atoms with Crippen molar-refractivity contribution < 1.29 is 4.79 Å². The van der Waals surface area contributed by atoms with Crippen LogP contribution in [0.15, 0.2) is 35.3 Å². The summed E-state index contributed by atoms with van der Waals surface area (Å²) in [4.78, 5) is 29.2. The summed E-state index contributed by atoms with van der Waals surface area (Å²) >= 11 is 0. The molecule has 0 radical (unpaired) electrons. The Balaban J connectivity index is 1.47. The Hall–Kier alpha value is -2.96. The molecule has 26 heavy (non-hydrogen) atoms. The van der Waals surface area contributed by atoms with Crippen molar-refractivity contribution in [2.75, 3.05) is 6.54 Å². The van der Waals surface area contributed by atoms with Crippen LogP contribution in [-0.2, 0) is 19.4 Å². The first-order valence-corrected chi connectivity index (χ1v) is 8.95. The monoisotopic (exact) mass is 351 g/mol. The fourth-order valence-electron chi connectivity index (χ4n) is 3.51. The smallest absolute Gasteiger partial charge is 0.270 e. The lowest BCUT2D eigenvalue weighted by Gasteiger charge is -2.16. The number of hydrogen-bond acceptors (Lipinski definition) is 4. The van der Waals surface area contributed by atoms with Crippen molar-refractivity contribution in [1.29, 1.82) is 0 Å². The summed E-state index contributed by atoms with van der Waals surface area (Å²) in [7, 11) is 0. The standard InChI is InChI=1S/C19H21N5O2/c1-13-18(23-10-5-4-8-16(23)21-13)19(26)20-9-11-24-17(25)12-14-6-2-3-7-15(14)22-24/h4-5,8,10,12H,2-3,6-7,9,11H2,1H3,(H,20,26). The van der Waals surface area contributed by atoms with Crippen LogP contribution >= 0.6 is 0 Å². The first-order chi connectivity index (χ1) is 12.6. The van der Waals surface area contributed by atoms with Crippen LogP contribution in [0.5, 0.6) is 0 Å². The predicted molar refractivity (Wildman–Crippen MR) is 97.4 cm³/mol. The molecule has 1 N–H and O–H groups in total. The molecule has 0 spiro atoms. The molecular weight excluding hydrogens is 330 g/mol. The van der Waals surface area contributed by atoms with E-state index in [1.807, 2.05) is 31.3 Å². The predicted octanol–water partition coefficient (Wildman–Crippen LogP) is 1.51. The number of aryl methyl sites for hydroxylation is 3. The van der Waals surface area contributed by atoms with E-state index < -0.39 is 0 Å². The summed E-state index contributed by atoms with van der Waals surface area (Å²) in [5, 5.41) is 7.35. The molecule has 4 rings (SSSR count). The molecule has 0 aromatic carbocycles. The largest absolute Gasteiger partial charge is 0.349 e. The average molecular weight is 351 g/mol. The van der Waals surface area contributed by atoms with Crippen molar-refractivity contribution in [2.24, 2.45) is 0 Å². The Bertz CT molecular complexity index is 1030. The zero-order valence-corrected chi connectivity index (χ0v) is 14.7. The van der Waals surface area contributed by atoms with Crippen molar-refractivity contribution in [1.82, 2.24) is 24.5 Å². The van der Waals surface area contributed by atoms with Gasteiger partial charge >= 0.3 is 0 Å². The zero-order valence-electron chi connectivity index (χ0n) is 14.7. The van der Waals surface area contributed by atoms with Gasteiger partial charge in [-0.15, -0.1) is 0 Å². The van der Waals surface area contributed by atoms with Gasteiger partial charge in [-0.25, -0.2) is 9.67 Å². The van der Waals surface area contributed by atoms with Crippen molar-refractivity contribution >= 4 is 11.6 Å². The van der Waals surface area contributed by atoms with Crippen LogP contribution in [0, 0.1) is 6.92 Å². The first-order valence-electron chi connectivity index (χ1n) is 8.95. The van der Waals surface area contributed by atoms with Gasteiger partial charge in [-0.3, -0.25) is 14.0 Å². The summed E-state index contributed by atoms with van der Waals surface area (Å²) in [5.41, 5.74) is 3.92. The topological polar surface area (TPSA) is 81.3 Å². The van der Waals surface area contributed by atoms with Crippen LogP contribution in [0.1, 0.15) is 40.3 Å². The lowest BCUT2D eigenvalue weighted by atomic mass is 9.97. The number of amides is 1. The second-order valence-corrected chi connectivity index (χ2v) is 6.62. The molecular formula is C19H21N5O2. The third-order valence-electron chi connectivity index (χ3n) is 4.80. The first kappa shape index (κ1) is 16.5. The summed E-state index contributed by atoms with van der Waals surface area (Å²) in [6, 6.07) is 7.30. The SMILES string of the molecule is Cc1nc2ccccn2c1C(=O)NCCn1nc2c(cc1=O)CCCC2. The summed E-state index contributed by atoms with van der Waals surface area (Å²) in [5.74, 6) is -0.202. The minimum atomic E-state index is -0.202. The molecule has 3 heterocycles. The van der Waals surface area contributed by atoms with Gasteiger partial charge in [0.25, 0.3) is 11.5 Å². The quantitative estimate of drug-likeness (QED) is 0.772. The number of nitrogens with zero attached hydrogens (tertiary/aromatic N) is 4. The van der Waals surface area contributed by atoms with Gasteiger partial charge in [-0.2, -0.15) is 5.10 Å². The highest BCUT2D eigenvalue weighted by Gasteiger charge is 2.16. The Kier molecular flexibility index (Phi) is 4.28. The van der Waals surface area contributed by atoms with Crippen LogP contribution < -0.4 is 10.9 Å². The Morgan fingerprint density at radius 1 is 1.27 bits per heavy atom. The number of nitrogens with one attached hydrogen (secondary N) is 1. The Morgan fingerprint density at radius 2 is 2.12 bits per heavy atom. The molecule has 0 fully saturated rings. The van der Waals surface area contributed by atoms with E-state index >= 15 is 0 Å². The molecule has 1 amide bonds. The molecule has 0 aliphatic heterocycles. The number of aromatic nitrogens is 4. The van der Waals surface area contributed by atoms with Gasteiger partial charge in [0.1, 0.15) is 11.3 Å². The lowest BCUT2D eigenvalue weighted by molar-refractivity contribution is 0.0945. The average Bonchev–Trinajstić information content (AvgIpc) is 2.97. The van der Waals surface area contributed by atoms with E-state index in [9.17, 15) is 9.59 Å². The number of pyridine rings is 1. The van der Waals surface area contributed by atoms with Crippen LogP contribution in [0.4, 0.5) is 0 Å². The lowest BCUT2D eigenvalue weighted by Crippen LogP contribution is -2.33. The fraction of sp³-hybridized carbons (Fsp3) is 0.368. The molecule has 0 bridgehead atoms. The third kappa shape index (κ3) is 3.00. The van der Waals surface area contributed by atoms with E-state index in [1.165, 1.54) is 4.68 Å². The normalized spacial score (nSPS) is 13.6. The Labute approximate surface area is 150 Å². The molecule has 7 nitrogen and oxygen atoms in total. The van der Waals surface area contributed by atoms with E-state index in [4.69, 9.17) is 0 Å².